The molecule has 0 bridgehead atoms. The maximum atomic E-state index is 5.93. The van der Waals surface area contributed by atoms with Crippen molar-refractivity contribution < 1.29 is 9.57 Å². The minimum Gasteiger partial charge on any atom is -0.492 e. The van der Waals surface area contributed by atoms with Gasteiger partial charge in [-0.3, -0.25) is 0 Å². The smallest absolute Gasteiger partial charge is 0.167 e. The molecular weight excluding hydrogens is 274 g/mol. The number of benzene rings is 2. The van der Waals surface area contributed by atoms with E-state index in [0.29, 0.717) is 6.61 Å². The second-order valence-corrected chi connectivity index (χ2v) is 6.23. The molecule has 0 aliphatic carbocycles. The van der Waals surface area contributed by atoms with Gasteiger partial charge in [-0.05, 0) is 38.0 Å². The van der Waals surface area contributed by atoms with Crippen LogP contribution in [0, 0.1) is 26.7 Å². The molecule has 2 atom stereocenters. The van der Waals surface area contributed by atoms with Crippen molar-refractivity contribution in [1.29, 1.82) is 0 Å². The lowest BCUT2D eigenvalue weighted by molar-refractivity contribution is 0.0331. The van der Waals surface area contributed by atoms with E-state index < -0.39 is 0 Å². The normalized spacial score (nSPS) is 22.2. The standard InChI is InChI=1S/C19H19NO2/c1-11-8-12(2)17(13(3)9-11)18-15-10-21-16-7-5-4-6-14(16)19(15)22-20-18/h4-9,15,19H,10H2,1-3H3/t15-,19-/m0/s1. The first-order valence-corrected chi connectivity index (χ1v) is 7.69. The zero-order valence-corrected chi connectivity index (χ0v) is 13.1. The number of ether oxygens (including phenoxy) is 1. The van der Waals surface area contributed by atoms with Crippen molar-refractivity contribution in [2.24, 2.45) is 11.1 Å². The number of fused-ring (bicyclic) bond motifs is 3. The molecule has 0 fully saturated rings. The van der Waals surface area contributed by atoms with Crippen LogP contribution in [0.1, 0.15) is 33.9 Å². The molecule has 0 aromatic heterocycles. The van der Waals surface area contributed by atoms with Crippen molar-refractivity contribution in [2.75, 3.05) is 6.61 Å². The quantitative estimate of drug-likeness (QED) is 0.792. The van der Waals surface area contributed by atoms with Gasteiger partial charge in [0.1, 0.15) is 12.4 Å². The highest BCUT2D eigenvalue weighted by molar-refractivity contribution is 6.05. The Hall–Kier alpha value is -2.29. The molecule has 3 heteroatoms. The van der Waals surface area contributed by atoms with Crippen LogP contribution in [0.25, 0.3) is 0 Å². The molecule has 0 amide bonds. The van der Waals surface area contributed by atoms with Gasteiger partial charge in [-0.15, -0.1) is 0 Å². The molecule has 112 valence electrons. The first-order chi connectivity index (χ1) is 10.6. The van der Waals surface area contributed by atoms with Crippen molar-refractivity contribution in [3.8, 4) is 5.75 Å². The highest BCUT2D eigenvalue weighted by Gasteiger charge is 2.41. The predicted octanol–water partition coefficient (Wildman–Crippen LogP) is 4.10. The van der Waals surface area contributed by atoms with E-state index in [1.807, 2.05) is 18.2 Å². The summed E-state index contributed by atoms with van der Waals surface area (Å²) in [5.74, 6) is 1.08. The third kappa shape index (κ3) is 1.92. The Kier molecular flexibility index (Phi) is 2.96. The van der Waals surface area contributed by atoms with Crippen molar-refractivity contribution in [1.82, 2.24) is 0 Å². The van der Waals surface area contributed by atoms with E-state index in [4.69, 9.17) is 9.57 Å². The number of nitrogens with zero attached hydrogens (tertiary/aromatic N) is 1. The van der Waals surface area contributed by atoms with Gasteiger partial charge in [-0.1, -0.05) is 41.1 Å². The number of hydrogen-bond donors (Lipinski definition) is 0. The van der Waals surface area contributed by atoms with Crippen LogP contribution in [0.5, 0.6) is 5.75 Å². The number of para-hydroxylation sites is 1. The fourth-order valence-electron chi connectivity index (χ4n) is 3.68. The molecule has 0 saturated carbocycles. The highest BCUT2D eigenvalue weighted by Crippen LogP contribution is 2.43. The Bertz CT molecular complexity index is 756. The van der Waals surface area contributed by atoms with Crippen LogP contribution < -0.4 is 4.74 Å². The fraction of sp³-hybridized carbons (Fsp3) is 0.316. The first kappa shape index (κ1) is 13.4. The average Bonchev–Trinajstić information content (AvgIpc) is 2.90. The van der Waals surface area contributed by atoms with Crippen LogP contribution in [-0.2, 0) is 4.84 Å². The molecule has 2 aliphatic rings. The molecule has 2 heterocycles. The Balaban J connectivity index is 1.76. The predicted molar refractivity (Wildman–Crippen MR) is 86.4 cm³/mol. The molecule has 22 heavy (non-hydrogen) atoms. The van der Waals surface area contributed by atoms with E-state index in [2.05, 4.69) is 44.1 Å². The number of hydrogen-bond acceptors (Lipinski definition) is 3. The van der Waals surface area contributed by atoms with Crippen molar-refractivity contribution >= 4 is 5.71 Å². The van der Waals surface area contributed by atoms with Crippen molar-refractivity contribution in [3.05, 3.63) is 64.2 Å². The second-order valence-electron chi connectivity index (χ2n) is 6.23. The first-order valence-electron chi connectivity index (χ1n) is 7.69. The van der Waals surface area contributed by atoms with Gasteiger partial charge in [-0.2, -0.15) is 0 Å². The minimum absolute atomic E-state index is 0.0277. The van der Waals surface area contributed by atoms with Gasteiger partial charge in [-0.25, -0.2) is 0 Å². The summed E-state index contributed by atoms with van der Waals surface area (Å²) in [6.07, 6.45) is -0.0277. The fourth-order valence-corrected chi connectivity index (χ4v) is 3.68. The Morgan fingerprint density at radius 3 is 2.55 bits per heavy atom. The van der Waals surface area contributed by atoms with Gasteiger partial charge >= 0.3 is 0 Å². The molecule has 3 nitrogen and oxygen atoms in total. The van der Waals surface area contributed by atoms with Crippen LogP contribution in [0.2, 0.25) is 0 Å². The van der Waals surface area contributed by atoms with Gasteiger partial charge in [0, 0.05) is 11.1 Å². The summed E-state index contributed by atoms with van der Waals surface area (Å²) in [5.41, 5.74) is 7.11. The summed E-state index contributed by atoms with van der Waals surface area (Å²) in [6.45, 7) is 7.03. The molecule has 0 saturated heterocycles. The van der Waals surface area contributed by atoms with Gasteiger partial charge in [0.05, 0.1) is 11.6 Å². The van der Waals surface area contributed by atoms with Gasteiger partial charge in [0.15, 0.2) is 6.10 Å². The van der Waals surface area contributed by atoms with E-state index in [1.54, 1.807) is 0 Å². The SMILES string of the molecule is Cc1cc(C)c(C2=NO[C@H]3c4ccccc4OC[C@@H]23)c(C)c1. The Morgan fingerprint density at radius 1 is 1.05 bits per heavy atom. The lowest BCUT2D eigenvalue weighted by atomic mass is 9.84. The van der Waals surface area contributed by atoms with E-state index in [-0.39, 0.29) is 12.0 Å². The van der Waals surface area contributed by atoms with Gasteiger partial charge in [0.2, 0.25) is 0 Å². The van der Waals surface area contributed by atoms with E-state index in [9.17, 15) is 0 Å². The number of rotatable bonds is 1. The van der Waals surface area contributed by atoms with Gasteiger partial charge in [0.25, 0.3) is 0 Å². The summed E-state index contributed by atoms with van der Waals surface area (Å²) >= 11 is 0. The third-order valence-corrected chi connectivity index (χ3v) is 4.56. The maximum Gasteiger partial charge on any atom is 0.167 e. The molecular formula is C19H19NO2. The largest absolute Gasteiger partial charge is 0.492 e. The lowest BCUT2D eigenvalue weighted by Gasteiger charge is -2.27. The van der Waals surface area contributed by atoms with Crippen LogP contribution in [0.4, 0.5) is 0 Å². The zero-order chi connectivity index (χ0) is 15.3. The van der Waals surface area contributed by atoms with Gasteiger partial charge < -0.3 is 9.57 Å². The van der Waals surface area contributed by atoms with Crippen LogP contribution in [0.3, 0.4) is 0 Å². The minimum atomic E-state index is -0.0277. The average molecular weight is 293 g/mol. The molecule has 0 spiro atoms. The second kappa shape index (κ2) is 4.87. The van der Waals surface area contributed by atoms with E-state index in [0.717, 1.165) is 17.0 Å². The summed E-state index contributed by atoms with van der Waals surface area (Å²) in [4.78, 5) is 5.80. The van der Waals surface area contributed by atoms with E-state index >= 15 is 0 Å². The summed E-state index contributed by atoms with van der Waals surface area (Å²) in [7, 11) is 0. The molecule has 4 rings (SSSR count). The molecule has 2 aromatic rings. The van der Waals surface area contributed by atoms with Crippen molar-refractivity contribution in [2.45, 2.75) is 26.9 Å². The monoisotopic (exact) mass is 293 g/mol. The zero-order valence-electron chi connectivity index (χ0n) is 13.1. The third-order valence-electron chi connectivity index (χ3n) is 4.56. The molecule has 0 N–H and O–H groups in total. The molecule has 0 unspecified atom stereocenters. The molecule has 2 aromatic carbocycles. The highest BCUT2D eigenvalue weighted by atomic mass is 16.6. The topological polar surface area (TPSA) is 30.8 Å². The number of aryl methyl sites for hydroxylation is 3. The van der Waals surface area contributed by atoms with Crippen LogP contribution in [-0.4, -0.2) is 12.3 Å². The summed E-state index contributed by atoms with van der Waals surface area (Å²) < 4.78 is 5.93. The van der Waals surface area contributed by atoms with Crippen molar-refractivity contribution in [3.63, 3.8) is 0 Å². The summed E-state index contributed by atoms with van der Waals surface area (Å²) in [5, 5.41) is 4.44. The Morgan fingerprint density at radius 2 is 1.77 bits per heavy atom. The van der Waals surface area contributed by atoms with Crippen LogP contribution >= 0.6 is 0 Å². The number of oxime groups is 1. The molecule has 2 aliphatic heterocycles. The summed E-state index contributed by atoms with van der Waals surface area (Å²) in [6, 6.07) is 12.5. The lowest BCUT2D eigenvalue weighted by Crippen LogP contribution is -2.30. The van der Waals surface area contributed by atoms with E-state index in [1.165, 1.54) is 22.3 Å². The van der Waals surface area contributed by atoms with Crippen LogP contribution in [0.15, 0.2) is 41.6 Å². The maximum absolute atomic E-state index is 5.93. The molecule has 0 radical (unpaired) electrons. The Labute approximate surface area is 130 Å².